The number of rotatable bonds is 2. The SMILES string of the molecule is CCC/C=C1/CCC2C3CCc4cc(C)ccc4C3CCC12C. The van der Waals surface area contributed by atoms with Gasteiger partial charge < -0.3 is 0 Å². The lowest BCUT2D eigenvalue weighted by molar-refractivity contribution is 0.0812. The van der Waals surface area contributed by atoms with Crippen LogP contribution in [0.15, 0.2) is 29.8 Å². The monoisotopic (exact) mass is 308 g/mol. The quantitative estimate of drug-likeness (QED) is 0.541. The van der Waals surface area contributed by atoms with E-state index in [-0.39, 0.29) is 0 Å². The zero-order valence-electron chi connectivity index (χ0n) is 15.2. The predicted molar refractivity (Wildman–Crippen MR) is 98.8 cm³/mol. The molecular weight excluding hydrogens is 276 g/mol. The highest BCUT2D eigenvalue weighted by molar-refractivity contribution is 5.38. The maximum atomic E-state index is 2.61. The molecule has 2 saturated carbocycles. The molecule has 4 rings (SSSR count). The summed E-state index contributed by atoms with van der Waals surface area (Å²) < 4.78 is 0. The second kappa shape index (κ2) is 5.80. The number of aryl methyl sites for hydroxylation is 2. The van der Waals surface area contributed by atoms with Crippen molar-refractivity contribution in [3.05, 3.63) is 46.5 Å². The highest BCUT2D eigenvalue weighted by atomic mass is 14.6. The molecule has 4 unspecified atom stereocenters. The zero-order chi connectivity index (χ0) is 16.0. The van der Waals surface area contributed by atoms with Crippen LogP contribution in [0.2, 0.25) is 0 Å². The Hall–Kier alpha value is -1.04. The Morgan fingerprint density at radius 2 is 2.04 bits per heavy atom. The summed E-state index contributed by atoms with van der Waals surface area (Å²) in [6.07, 6.45) is 13.6. The molecule has 3 aliphatic carbocycles. The van der Waals surface area contributed by atoms with Crippen LogP contribution in [-0.4, -0.2) is 0 Å². The zero-order valence-corrected chi connectivity index (χ0v) is 15.2. The van der Waals surface area contributed by atoms with Crippen molar-refractivity contribution in [2.24, 2.45) is 17.3 Å². The number of unbranched alkanes of at least 4 members (excludes halogenated alkanes) is 1. The lowest BCUT2D eigenvalue weighted by Gasteiger charge is -2.49. The highest BCUT2D eigenvalue weighted by Crippen LogP contribution is 2.62. The van der Waals surface area contributed by atoms with Crippen LogP contribution in [0.1, 0.15) is 81.4 Å². The maximum Gasteiger partial charge on any atom is -0.00850 e. The third-order valence-electron chi connectivity index (χ3n) is 7.41. The number of hydrogen-bond acceptors (Lipinski definition) is 0. The van der Waals surface area contributed by atoms with E-state index < -0.39 is 0 Å². The first kappa shape index (κ1) is 15.5. The number of allylic oxidation sites excluding steroid dienone is 2. The van der Waals surface area contributed by atoms with Gasteiger partial charge >= 0.3 is 0 Å². The summed E-state index contributed by atoms with van der Waals surface area (Å²) in [7, 11) is 0. The van der Waals surface area contributed by atoms with Crippen LogP contribution in [0, 0.1) is 24.2 Å². The minimum Gasteiger partial charge on any atom is -0.0848 e. The van der Waals surface area contributed by atoms with Crippen molar-refractivity contribution in [2.45, 2.75) is 78.1 Å². The summed E-state index contributed by atoms with van der Waals surface area (Å²) in [4.78, 5) is 0. The molecule has 3 aliphatic rings. The van der Waals surface area contributed by atoms with Gasteiger partial charge in [0.15, 0.2) is 0 Å². The smallest absolute Gasteiger partial charge is 0.00850 e. The van der Waals surface area contributed by atoms with Crippen molar-refractivity contribution in [1.29, 1.82) is 0 Å². The summed E-state index contributed by atoms with van der Waals surface area (Å²) in [6.45, 7) is 7.15. The van der Waals surface area contributed by atoms with Gasteiger partial charge in [0.2, 0.25) is 0 Å². The molecule has 23 heavy (non-hydrogen) atoms. The van der Waals surface area contributed by atoms with E-state index in [2.05, 4.69) is 45.0 Å². The molecule has 0 heteroatoms. The third-order valence-corrected chi connectivity index (χ3v) is 7.41. The molecule has 2 fully saturated rings. The van der Waals surface area contributed by atoms with E-state index in [4.69, 9.17) is 0 Å². The van der Waals surface area contributed by atoms with E-state index in [9.17, 15) is 0 Å². The summed E-state index contributed by atoms with van der Waals surface area (Å²) in [5.41, 5.74) is 7.15. The van der Waals surface area contributed by atoms with Gasteiger partial charge in [-0.05, 0) is 86.2 Å². The van der Waals surface area contributed by atoms with E-state index in [0.717, 1.165) is 17.8 Å². The lowest BCUT2D eigenvalue weighted by atomic mass is 9.55. The standard InChI is InChI=1S/C23H32/c1-4-5-6-18-9-12-22-21-11-8-17-15-16(2)7-10-19(17)20(21)13-14-23(18,22)3/h6-7,10,15,20-22H,4-5,8-9,11-14H2,1-3H3/b18-6-. The second-order valence-electron chi connectivity index (χ2n) is 8.63. The van der Waals surface area contributed by atoms with Gasteiger partial charge in [-0.25, -0.2) is 0 Å². The first-order valence-electron chi connectivity index (χ1n) is 9.92. The number of benzene rings is 1. The molecule has 0 aliphatic heterocycles. The largest absolute Gasteiger partial charge is 0.0848 e. The Morgan fingerprint density at radius 1 is 1.17 bits per heavy atom. The van der Waals surface area contributed by atoms with Gasteiger partial charge in [0.25, 0.3) is 0 Å². The molecule has 0 amide bonds. The van der Waals surface area contributed by atoms with E-state index in [1.54, 1.807) is 11.1 Å². The fourth-order valence-corrected chi connectivity index (χ4v) is 6.21. The Morgan fingerprint density at radius 3 is 2.87 bits per heavy atom. The Bertz CT molecular complexity index is 623. The van der Waals surface area contributed by atoms with E-state index in [1.165, 1.54) is 56.9 Å². The van der Waals surface area contributed by atoms with Crippen LogP contribution in [0.4, 0.5) is 0 Å². The van der Waals surface area contributed by atoms with Crippen LogP contribution in [0.5, 0.6) is 0 Å². The first-order chi connectivity index (χ1) is 11.1. The van der Waals surface area contributed by atoms with Gasteiger partial charge in [-0.3, -0.25) is 0 Å². The molecule has 0 spiro atoms. The molecule has 0 aromatic heterocycles. The van der Waals surface area contributed by atoms with Crippen LogP contribution in [0.25, 0.3) is 0 Å². The fraction of sp³-hybridized carbons (Fsp3) is 0.652. The van der Waals surface area contributed by atoms with Crippen molar-refractivity contribution in [2.75, 3.05) is 0 Å². The van der Waals surface area contributed by atoms with Gasteiger partial charge in [0.05, 0.1) is 0 Å². The number of fused-ring (bicyclic) bond motifs is 5. The molecule has 1 aromatic carbocycles. The van der Waals surface area contributed by atoms with E-state index in [0.29, 0.717) is 5.41 Å². The molecule has 1 aromatic rings. The minimum absolute atomic E-state index is 0.526. The van der Waals surface area contributed by atoms with E-state index >= 15 is 0 Å². The molecule has 4 atom stereocenters. The van der Waals surface area contributed by atoms with Gasteiger partial charge in [-0.2, -0.15) is 0 Å². The van der Waals surface area contributed by atoms with Gasteiger partial charge in [-0.15, -0.1) is 0 Å². The van der Waals surface area contributed by atoms with Gasteiger partial charge in [-0.1, -0.05) is 55.7 Å². The molecule has 124 valence electrons. The molecule has 0 N–H and O–H groups in total. The predicted octanol–water partition coefficient (Wildman–Crippen LogP) is 6.58. The van der Waals surface area contributed by atoms with Crippen molar-refractivity contribution in [3.63, 3.8) is 0 Å². The summed E-state index contributed by atoms with van der Waals surface area (Å²) in [5, 5.41) is 0. The second-order valence-corrected chi connectivity index (χ2v) is 8.63. The van der Waals surface area contributed by atoms with Gasteiger partial charge in [0.1, 0.15) is 0 Å². The van der Waals surface area contributed by atoms with Crippen LogP contribution in [0.3, 0.4) is 0 Å². The van der Waals surface area contributed by atoms with E-state index in [1.807, 2.05) is 5.57 Å². The Labute approximate surface area is 142 Å². The highest BCUT2D eigenvalue weighted by Gasteiger charge is 2.52. The molecule has 0 radical (unpaired) electrons. The normalized spacial score (nSPS) is 37.3. The average Bonchev–Trinajstić information content (AvgIpc) is 2.89. The summed E-state index contributed by atoms with van der Waals surface area (Å²) in [6, 6.07) is 7.27. The van der Waals surface area contributed by atoms with Crippen molar-refractivity contribution in [3.8, 4) is 0 Å². The topological polar surface area (TPSA) is 0 Å². The average molecular weight is 309 g/mol. The van der Waals surface area contributed by atoms with Crippen LogP contribution >= 0.6 is 0 Å². The van der Waals surface area contributed by atoms with Crippen molar-refractivity contribution in [1.82, 2.24) is 0 Å². The maximum absolute atomic E-state index is 2.61. The van der Waals surface area contributed by atoms with Crippen molar-refractivity contribution >= 4 is 0 Å². The van der Waals surface area contributed by atoms with Crippen LogP contribution < -0.4 is 0 Å². The molecular formula is C23H32. The van der Waals surface area contributed by atoms with Crippen molar-refractivity contribution < 1.29 is 0 Å². The summed E-state index contributed by atoms with van der Waals surface area (Å²) >= 11 is 0. The molecule has 0 nitrogen and oxygen atoms in total. The third kappa shape index (κ3) is 2.41. The molecule has 0 bridgehead atoms. The summed E-state index contributed by atoms with van der Waals surface area (Å²) in [5.74, 6) is 2.73. The Balaban J connectivity index is 1.65. The molecule has 0 heterocycles. The molecule has 0 saturated heterocycles. The van der Waals surface area contributed by atoms with Gasteiger partial charge in [0, 0.05) is 0 Å². The minimum atomic E-state index is 0.526. The van der Waals surface area contributed by atoms with Crippen LogP contribution in [-0.2, 0) is 6.42 Å². The number of hydrogen-bond donors (Lipinski definition) is 0. The lowest BCUT2D eigenvalue weighted by Crippen LogP contribution is -2.40. The first-order valence-corrected chi connectivity index (χ1v) is 9.92. The Kier molecular flexibility index (Phi) is 3.90. The fourth-order valence-electron chi connectivity index (χ4n) is 6.21.